The Bertz CT molecular complexity index is 1150. The molecule has 15 heteroatoms. The fourth-order valence-electron chi connectivity index (χ4n) is 3.41. The number of hydrogen-bond donors (Lipinski definition) is 3. The number of nitrogens with zero attached hydrogens (tertiary/aromatic N) is 4. The van der Waals surface area contributed by atoms with E-state index >= 15 is 0 Å². The third-order valence-electron chi connectivity index (χ3n) is 5.81. The number of aromatic amines is 1. The lowest BCUT2D eigenvalue weighted by molar-refractivity contribution is -0.121. The molecule has 0 unspecified atom stereocenters. The number of hydrogen-bond acceptors (Lipinski definition) is 11. The van der Waals surface area contributed by atoms with Gasteiger partial charge >= 0.3 is 6.09 Å². The molecule has 0 spiro atoms. The molecule has 0 aliphatic rings. The van der Waals surface area contributed by atoms with E-state index in [-0.39, 0.29) is 5.91 Å². The Hall–Kier alpha value is -3.63. The van der Waals surface area contributed by atoms with E-state index in [1.165, 1.54) is 7.11 Å². The molecule has 246 valence electrons. The van der Waals surface area contributed by atoms with Gasteiger partial charge in [-0.2, -0.15) is 0 Å². The lowest BCUT2D eigenvalue weighted by Crippen LogP contribution is -2.20. The number of aryl methyl sites for hydroxylation is 1. The molecule has 0 aliphatic heterocycles. The minimum atomic E-state index is -0.538. The predicted octanol–water partition coefficient (Wildman–Crippen LogP) is 2.78. The van der Waals surface area contributed by atoms with E-state index in [0.29, 0.717) is 84.4 Å². The largest absolute Gasteiger partial charge is 0.453 e. The van der Waals surface area contributed by atoms with Gasteiger partial charge in [-0.05, 0) is 24.5 Å². The average molecular weight is 622 g/mol. The van der Waals surface area contributed by atoms with Gasteiger partial charge in [0.2, 0.25) is 11.9 Å². The highest BCUT2D eigenvalue weighted by atomic mass is 16.6. The number of H-pyrrole nitrogens is 1. The van der Waals surface area contributed by atoms with Crippen molar-refractivity contribution in [3.8, 4) is 0 Å². The van der Waals surface area contributed by atoms with Crippen molar-refractivity contribution in [2.75, 3.05) is 78.9 Å². The normalized spacial score (nSPS) is 10.9. The van der Waals surface area contributed by atoms with Crippen LogP contribution in [0.15, 0.2) is 30.5 Å². The molecule has 0 saturated carbocycles. The topological polar surface area (TPSA) is 173 Å². The summed E-state index contributed by atoms with van der Waals surface area (Å²) in [6, 6.07) is 7.51. The molecule has 15 nitrogen and oxygen atoms in total. The third-order valence-corrected chi connectivity index (χ3v) is 5.81. The van der Waals surface area contributed by atoms with E-state index in [9.17, 15) is 9.59 Å². The van der Waals surface area contributed by atoms with Gasteiger partial charge < -0.3 is 38.7 Å². The van der Waals surface area contributed by atoms with E-state index in [1.807, 2.05) is 35.1 Å². The smallest absolute Gasteiger partial charge is 0.413 e. The molecular weight excluding hydrogens is 574 g/mol. The van der Waals surface area contributed by atoms with Gasteiger partial charge in [-0.15, -0.1) is 5.10 Å². The monoisotopic (exact) mass is 621 g/mol. The molecule has 0 saturated heterocycles. The highest BCUT2D eigenvalue weighted by Gasteiger charge is 2.05. The number of fused-ring (bicyclic) bond motifs is 1. The quantitative estimate of drug-likeness (QED) is 0.149. The second-order valence-corrected chi connectivity index (χ2v) is 9.80. The van der Waals surface area contributed by atoms with Crippen LogP contribution in [0, 0.1) is 5.92 Å². The van der Waals surface area contributed by atoms with Crippen molar-refractivity contribution >= 4 is 29.0 Å². The summed E-state index contributed by atoms with van der Waals surface area (Å²) in [5.41, 5.74) is 2.51. The van der Waals surface area contributed by atoms with Crippen LogP contribution in [-0.4, -0.2) is 111 Å². The molecule has 2 aromatic heterocycles. The third kappa shape index (κ3) is 16.9. The highest BCUT2D eigenvalue weighted by Crippen LogP contribution is 2.13. The Morgan fingerprint density at radius 3 is 2.11 bits per heavy atom. The SMILES string of the molecule is CNC(=O)CCOCCOCCOCCOCCOCc1cn(CCC(C)C)nn1.COC(=O)Nc1nc2ccccc2[nH]1. The number of carbonyl (C=O) groups is 2. The molecule has 0 radical (unpaired) electrons. The van der Waals surface area contributed by atoms with Crippen LogP contribution in [0.3, 0.4) is 0 Å². The number of benzene rings is 1. The van der Waals surface area contributed by atoms with Gasteiger partial charge in [-0.25, -0.2) is 9.78 Å². The Kier molecular flexibility index (Phi) is 19.0. The van der Waals surface area contributed by atoms with Crippen molar-refractivity contribution in [1.29, 1.82) is 0 Å². The standard InChI is InChI=1S/C20H38N4O6.C9H9N3O2/c1-18(2)4-6-24-16-19(22-23-24)17-30-15-14-29-13-12-28-11-10-27-9-8-26-7-5-20(25)21-3;1-14-9(13)12-8-10-6-4-2-3-5-7(6)11-8/h16,18H,4-15,17H2,1-3H3,(H,21,25);2-5H,1H3,(H2,10,11,12,13). The summed E-state index contributed by atoms with van der Waals surface area (Å²) in [7, 11) is 2.91. The van der Waals surface area contributed by atoms with Crippen LogP contribution in [0.5, 0.6) is 0 Å². The van der Waals surface area contributed by atoms with E-state index < -0.39 is 6.09 Å². The van der Waals surface area contributed by atoms with Crippen molar-refractivity contribution in [3.05, 3.63) is 36.2 Å². The summed E-state index contributed by atoms with van der Waals surface area (Å²) in [6.07, 6.45) is 2.84. The van der Waals surface area contributed by atoms with Gasteiger partial charge in [-0.1, -0.05) is 31.2 Å². The van der Waals surface area contributed by atoms with Gasteiger partial charge in [0.1, 0.15) is 5.69 Å². The first-order valence-electron chi connectivity index (χ1n) is 14.7. The van der Waals surface area contributed by atoms with E-state index in [0.717, 1.165) is 29.7 Å². The van der Waals surface area contributed by atoms with Crippen LogP contribution >= 0.6 is 0 Å². The Balaban J connectivity index is 0.000000396. The zero-order chi connectivity index (χ0) is 31.8. The van der Waals surface area contributed by atoms with E-state index in [4.69, 9.17) is 23.7 Å². The number of nitrogens with one attached hydrogen (secondary N) is 3. The second-order valence-electron chi connectivity index (χ2n) is 9.80. The number of para-hydroxylation sites is 2. The Labute approximate surface area is 258 Å². The lowest BCUT2D eigenvalue weighted by Gasteiger charge is -2.07. The van der Waals surface area contributed by atoms with Gasteiger partial charge in [0, 0.05) is 20.0 Å². The molecule has 44 heavy (non-hydrogen) atoms. The number of methoxy groups -OCH3 is 1. The maximum absolute atomic E-state index is 11.0. The van der Waals surface area contributed by atoms with E-state index in [2.05, 4.69) is 49.5 Å². The van der Waals surface area contributed by atoms with Gasteiger partial charge in [0.15, 0.2) is 0 Å². The van der Waals surface area contributed by atoms with Crippen LogP contribution in [0.2, 0.25) is 0 Å². The minimum absolute atomic E-state index is 0.0281. The maximum Gasteiger partial charge on any atom is 0.413 e. The molecule has 2 amide bonds. The fraction of sp³-hybridized carbons (Fsp3) is 0.621. The second kappa shape index (κ2) is 22.8. The van der Waals surface area contributed by atoms with Crippen LogP contribution < -0.4 is 10.6 Å². The zero-order valence-corrected chi connectivity index (χ0v) is 26.2. The first-order chi connectivity index (χ1) is 21.4. The molecule has 3 N–H and O–H groups in total. The molecule has 0 bridgehead atoms. The Morgan fingerprint density at radius 2 is 1.52 bits per heavy atom. The van der Waals surface area contributed by atoms with Crippen molar-refractivity contribution in [3.63, 3.8) is 0 Å². The summed E-state index contributed by atoms with van der Waals surface area (Å²) < 4.78 is 33.4. The summed E-state index contributed by atoms with van der Waals surface area (Å²) in [4.78, 5) is 28.9. The first-order valence-corrected chi connectivity index (χ1v) is 14.7. The summed E-state index contributed by atoms with van der Waals surface area (Å²) >= 11 is 0. The summed E-state index contributed by atoms with van der Waals surface area (Å²) in [5, 5.41) is 13.2. The molecule has 0 fully saturated rings. The van der Waals surface area contributed by atoms with Gasteiger partial charge in [-0.3, -0.25) is 14.8 Å². The fourth-order valence-corrected chi connectivity index (χ4v) is 3.41. The number of ether oxygens (including phenoxy) is 6. The van der Waals surface area contributed by atoms with Crippen LogP contribution in [0.4, 0.5) is 10.7 Å². The molecule has 0 aliphatic carbocycles. The van der Waals surface area contributed by atoms with Crippen molar-refractivity contribution in [2.24, 2.45) is 5.92 Å². The number of aromatic nitrogens is 5. The number of anilines is 1. The van der Waals surface area contributed by atoms with Crippen LogP contribution in [-0.2, 0) is 46.4 Å². The van der Waals surface area contributed by atoms with Crippen LogP contribution in [0.1, 0.15) is 32.4 Å². The number of rotatable bonds is 21. The van der Waals surface area contributed by atoms with Crippen molar-refractivity contribution in [1.82, 2.24) is 30.3 Å². The van der Waals surface area contributed by atoms with Crippen molar-refractivity contribution < 1.29 is 38.0 Å². The number of imidazole rings is 1. The van der Waals surface area contributed by atoms with Gasteiger partial charge in [0.05, 0.1) is 90.4 Å². The Morgan fingerprint density at radius 1 is 0.909 bits per heavy atom. The highest BCUT2D eigenvalue weighted by molar-refractivity contribution is 5.86. The van der Waals surface area contributed by atoms with Gasteiger partial charge in [0.25, 0.3) is 0 Å². The molecule has 2 heterocycles. The first kappa shape index (κ1) is 36.6. The van der Waals surface area contributed by atoms with Crippen LogP contribution in [0.25, 0.3) is 11.0 Å². The number of amides is 2. The van der Waals surface area contributed by atoms with Crippen molar-refractivity contribution in [2.45, 2.75) is 39.8 Å². The lowest BCUT2D eigenvalue weighted by atomic mass is 10.1. The molecule has 3 rings (SSSR count). The van der Waals surface area contributed by atoms with E-state index in [1.54, 1.807) is 7.05 Å². The molecule has 3 aromatic rings. The maximum atomic E-state index is 11.0. The summed E-state index contributed by atoms with van der Waals surface area (Å²) in [6.45, 7) is 10.1. The average Bonchev–Trinajstić information content (AvgIpc) is 3.66. The summed E-state index contributed by atoms with van der Waals surface area (Å²) in [5.74, 6) is 1.01. The number of carbonyl (C=O) groups excluding carboxylic acids is 2. The molecule has 1 aromatic carbocycles. The molecule has 0 atom stereocenters. The predicted molar refractivity (Wildman–Crippen MR) is 163 cm³/mol. The minimum Gasteiger partial charge on any atom is -0.453 e. The zero-order valence-electron chi connectivity index (χ0n) is 26.2. The molecular formula is C29H47N7O8.